The average molecular weight is 253 g/mol. The van der Waals surface area contributed by atoms with E-state index in [0.29, 0.717) is 6.54 Å². The molecule has 0 aliphatic heterocycles. The topological polar surface area (TPSA) is 42.2 Å². The molecule has 0 bridgehead atoms. The molecule has 0 spiro atoms. The van der Waals surface area contributed by atoms with Crippen molar-refractivity contribution in [1.82, 2.24) is 5.32 Å². The van der Waals surface area contributed by atoms with Crippen molar-refractivity contribution in [3.8, 4) is 0 Å². The Morgan fingerprint density at radius 3 is 2.83 bits per heavy atom. The molecule has 0 aliphatic carbocycles. The number of rotatable bonds is 4. The second kappa shape index (κ2) is 4.86. The van der Waals surface area contributed by atoms with Crippen LogP contribution in [0.15, 0.2) is 22.6 Å². The lowest BCUT2D eigenvalue weighted by Gasteiger charge is -2.11. The molecule has 3 nitrogen and oxygen atoms in total. The van der Waals surface area contributed by atoms with E-state index in [1.807, 2.05) is 6.92 Å². The molecule has 1 aromatic heterocycles. The Bertz CT molecular complexity index is 592. The molecule has 1 aromatic carbocycles. The molecule has 0 aliphatic rings. The Kier molecular flexibility index (Phi) is 3.43. The molecule has 0 radical (unpaired) electrons. The highest BCUT2D eigenvalue weighted by molar-refractivity contribution is 6.02. The van der Waals surface area contributed by atoms with Crippen LogP contribution < -0.4 is 5.32 Å². The molecule has 0 saturated heterocycles. The Morgan fingerprint density at radius 1 is 1.44 bits per heavy atom. The smallest absolute Gasteiger partial charge is 0.278 e. The van der Waals surface area contributed by atoms with Crippen molar-refractivity contribution in [3.05, 3.63) is 35.6 Å². The molecule has 2 rings (SSSR count). The maximum absolute atomic E-state index is 14.1. The Hall–Kier alpha value is -1.75. The highest BCUT2D eigenvalue weighted by atomic mass is 19.1. The van der Waals surface area contributed by atoms with E-state index >= 15 is 0 Å². The molecular formula is C13H13F2NO2. The van der Waals surface area contributed by atoms with Crippen LogP contribution in [-0.4, -0.2) is 18.4 Å². The predicted octanol–water partition coefficient (Wildman–Crippen LogP) is 2.89. The van der Waals surface area contributed by atoms with Gasteiger partial charge in [-0.05, 0) is 25.6 Å². The fourth-order valence-corrected chi connectivity index (χ4v) is 1.87. The molecule has 1 heterocycles. The largest absolute Gasteiger partial charge is 0.431 e. The molecule has 1 unspecified atom stereocenters. The summed E-state index contributed by atoms with van der Waals surface area (Å²) >= 11 is 0. The summed E-state index contributed by atoms with van der Waals surface area (Å²) in [5.41, 5.74) is 0.0365. The van der Waals surface area contributed by atoms with E-state index < -0.39 is 17.9 Å². The van der Waals surface area contributed by atoms with Gasteiger partial charge < -0.3 is 9.73 Å². The van der Waals surface area contributed by atoms with Gasteiger partial charge in [0.1, 0.15) is 11.4 Å². The number of Topliss-reactive ketones (excluding diaryl/α,β-unsaturated/α-hetero) is 1. The first-order valence-electron chi connectivity index (χ1n) is 5.69. The zero-order valence-electron chi connectivity index (χ0n) is 10.1. The standard InChI is InChI=1S/C13H13F2NO2/c1-3-16-7(2)13(17)8-4-5-10-9(12(8)15)6-11(14)18-10/h4-7,16H,3H2,1-2H3. The number of ketones is 1. The Balaban J connectivity index is 2.45. The maximum atomic E-state index is 14.1. The zero-order chi connectivity index (χ0) is 13.3. The highest BCUT2D eigenvalue weighted by Crippen LogP contribution is 2.24. The van der Waals surface area contributed by atoms with Gasteiger partial charge in [0, 0.05) is 6.07 Å². The van der Waals surface area contributed by atoms with Gasteiger partial charge in [-0.3, -0.25) is 4.79 Å². The van der Waals surface area contributed by atoms with Crippen molar-refractivity contribution >= 4 is 16.8 Å². The molecule has 1 atom stereocenters. The first-order valence-corrected chi connectivity index (χ1v) is 5.69. The summed E-state index contributed by atoms with van der Waals surface area (Å²) in [4.78, 5) is 12.0. The fraction of sp³-hybridized carbons (Fsp3) is 0.308. The van der Waals surface area contributed by atoms with E-state index in [2.05, 4.69) is 9.73 Å². The summed E-state index contributed by atoms with van der Waals surface area (Å²) in [6, 6.07) is 2.30. The van der Waals surface area contributed by atoms with Crippen LogP contribution in [-0.2, 0) is 0 Å². The molecule has 0 saturated carbocycles. The minimum Gasteiger partial charge on any atom is -0.431 e. The van der Waals surface area contributed by atoms with Crippen LogP contribution in [0.25, 0.3) is 11.0 Å². The lowest BCUT2D eigenvalue weighted by Crippen LogP contribution is -2.34. The van der Waals surface area contributed by atoms with Gasteiger partial charge in [-0.1, -0.05) is 6.92 Å². The van der Waals surface area contributed by atoms with Gasteiger partial charge in [0.05, 0.1) is 17.0 Å². The summed E-state index contributed by atoms with van der Waals surface area (Å²) in [5.74, 6) is -1.10. The van der Waals surface area contributed by atoms with Gasteiger partial charge in [0.2, 0.25) is 0 Å². The van der Waals surface area contributed by atoms with Gasteiger partial charge in [0.15, 0.2) is 5.78 Å². The van der Waals surface area contributed by atoms with Crippen molar-refractivity contribution in [2.75, 3.05) is 6.54 Å². The third-order valence-corrected chi connectivity index (χ3v) is 2.77. The van der Waals surface area contributed by atoms with Crippen molar-refractivity contribution in [1.29, 1.82) is 0 Å². The van der Waals surface area contributed by atoms with Gasteiger partial charge in [-0.2, -0.15) is 4.39 Å². The number of benzene rings is 1. The van der Waals surface area contributed by atoms with E-state index in [9.17, 15) is 13.6 Å². The summed E-state index contributed by atoms with van der Waals surface area (Å²) in [6.45, 7) is 4.12. The van der Waals surface area contributed by atoms with E-state index in [0.717, 1.165) is 6.07 Å². The number of halogens is 2. The molecule has 5 heteroatoms. The number of nitrogens with one attached hydrogen (secondary N) is 1. The minimum absolute atomic E-state index is 0.0120. The van der Waals surface area contributed by atoms with E-state index in [-0.39, 0.29) is 22.3 Å². The number of fused-ring (bicyclic) bond motifs is 1. The van der Waals surface area contributed by atoms with E-state index in [4.69, 9.17) is 0 Å². The third kappa shape index (κ3) is 2.13. The highest BCUT2D eigenvalue weighted by Gasteiger charge is 2.21. The van der Waals surface area contributed by atoms with Crippen LogP contribution in [0.2, 0.25) is 0 Å². The van der Waals surface area contributed by atoms with Crippen molar-refractivity contribution in [3.63, 3.8) is 0 Å². The number of hydrogen-bond acceptors (Lipinski definition) is 3. The monoisotopic (exact) mass is 253 g/mol. The third-order valence-electron chi connectivity index (χ3n) is 2.77. The summed E-state index contributed by atoms with van der Waals surface area (Å²) in [7, 11) is 0. The minimum atomic E-state index is -0.867. The number of hydrogen-bond donors (Lipinski definition) is 1. The number of likely N-dealkylation sites (N-methyl/N-ethyl adjacent to an activating group) is 1. The first kappa shape index (κ1) is 12.7. The summed E-state index contributed by atoms with van der Waals surface area (Å²) < 4.78 is 31.6. The van der Waals surface area contributed by atoms with Gasteiger partial charge in [0.25, 0.3) is 6.01 Å². The number of carbonyl (C=O) groups is 1. The van der Waals surface area contributed by atoms with Gasteiger partial charge >= 0.3 is 0 Å². The van der Waals surface area contributed by atoms with Gasteiger partial charge in [-0.25, -0.2) is 4.39 Å². The quantitative estimate of drug-likeness (QED) is 0.852. The lowest BCUT2D eigenvalue weighted by atomic mass is 10.0. The normalized spacial score (nSPS) is 12.9. The summed E-state index contributed by atoms with van der Waals surface area (Å²) in [6.07, 6.45) is 0. The van der Waals surface area contributed by atoms with Crippen molar-refractivity contribution in [2.24, 2.45) is 0 Å². The van der Waals surface area contributed by atoms with E-state index in [1.54, 1.807) is 6.92 Å². The summed E-state index contributed by atoms with van der Waals surface area (Å²) in [5, 5.41) is 2.90. The molecule has 18 heavy (non-hydrogen) atoms. The molecule has 0 fully saturated rings. The Morgan fingerprint density at radius 2 is 2.17 bits per heavy atom. The molecular weight excluding hydrogens is 240 g/mol. The average Bonchev–Trinajstić information content (AvgIpc) is 2.71. The van der Waals surface area contributed by atoms with Crippen LogP contribution in [0.4, 0.5) is 8.78 Å². The first-order chi connectivity index (χ1) is 8.54. The van der Waals surface area contributed by atoms with Crippen LogP contribution in [0, 0.1) is 11.8 Å². The van der Waals surface area contributed by atoms with Crippen LogP contribution in [0.5, 0.6) is 0 Å². The molecule has 0 amide bonds. The van der Waals surface area contributed by atoms with Crippen molar-refractivity contribution < 1.29 is 18.0 Å². The lowest BCUT2D eigenvalue weighted by molar-refractivity contribution is 0.0948. The second-order valence-electron chi connectivity index (χ2n) is 4.03. The molecule has 96 valence electrons. The Labute approximate surface area is 103 Å². The fourth-order valence-electron chi connectivity index (χ4n) is 1.87. The molecule has 1 N–H and O–H groups in total. The zero-order valence-corrected chi connectivity index (χ0v) is 10.1. The second-order valence-corrected chi connectivity index (χ2v) is 4.03. The van der Waals surface area contributed by atoms with Crippen LogP contribution >= 0.6 is 0 Å². The van der Waals surface area contributed by atoms with Crippen LogP contribution in [0.1, 0.15) is 24.2 Å². The predicted molar refractivity (Wildman–Crippen MR) is 63.6 cm³/mol. The van der Waals surface area contributed by atoms with E-state index in [1.165, 1.54) is 12.1 Å². The SMILES string of the molecule is CCNC(C)C(=O)c1ccc2oc(F)cc2c1F. The van der Waals surface area contributed by atoms with Gasteiger partial charge in [-0.15, -0.1) is 0 Å². The van der Waals surface area contributed by atoms with Crippen molar-refractivity contribution in [2.45, 2.75) is 19.9 Å². The maximum Gasteiger partial charge on any atom is 0.278 e. The number of carbonyl (C=O) groups excluding carboxylic acids is 1. The molecule has 2 aromatic rings. The van der Waals surface area contributed by atoms with Crippen LogP contribution in [0.3, 0.4) is 0 Å². The number of furan rings is 1.